The fourth-order valence-electron chi connectivity index (χ4n) is 1.46. The average molecular weight is 261 g/mol. The first-order valence-corrected chi connectivity index (χ1v) is 6.32. The van der Waals surface area contributed by atoms with E-state index in [9.17, 15) is 9.18 Å². The number of amides is 1. The van der Waals surface area contributed by atoms with E-state index in [0.29, 0.717) is 5.69 Å². The molecule has 92 valence electrons. The quantitative estimate of drug-likeness (QED) is 0.835. The number of aryl methyl sites for hydroxylation is 1. The maximum absolute atomic E-state index is 12.9. The Morgan fingerprint density at radius 3 is 2.89 bits per heavy atom. The van der Waals surface area contributed by atoms with Crippen molar-refractivity contribution in [3.05, 3.63) is 58.0 Å². The molecule has 0 fully saturated rings. The van der Waals surface area contributed by atoms with Gasteiger partial charge in [-0.05, 0) is 48.2 Å². The van der Waals surface area contributed by atoms with Crippen LogP contribution < -0.4 is 5.32 Å². The highest BCUT2D eigenvalue weighted by Crippen LogP contribution is 2.17. The zero-order chi connectivity index (χ0) is 13.0. The summed E-state index contributed by atoms with van der Waals surface area (Å²) in [5, 5.41) is 4.58. The number of carbonyl (C=O) groups excluding carboxylic acids is 1. The van der Waals surface area contributed by atoms with Gasteiger partial charge in [-0.15, -0.1) is 11.3 Å². The van der Waals surface area contributed by atoms with Gasteiger partial charge in [-0.25, -0.2) is 4.39 Å². The third-order valence-electron chi connectivity index (χ3n) is 2.38. The summed E-state index contributed by atoms with van der Waals surface area (Å²) in [6.45, 7) is 1.99. The molecule has 1 heterocycles. The summed E-state index contributed by atoms with van der Waals surface area (Å²) in [6.07, 6.45) is 3.21. The molecule has 0 aliphatic carbocycles. The first-order valence-electron chi connectivity index (χ1n) is 5.44. The molecule has 0 bridgehead atoms. The van der Waals surface area contributed by atoms with Crippen LogP contribution in [0.1, 0.15) is 10.4 Å². The fraction of sp³-hybridized carbons (Fsp3) is 0.0714. The van der Waals surface area contributed by atoms with E-state index in [2.05, 4.69) is 5.32 Å². The number of anilines is 1. The van der Waals surface area contributed by atoms with Crippen LogP contribution in [-0.2, 0) is 4.79 Å². The molecule has 1 aromatic heterocycles. The van der Waals surface area contributed by atoms with E-state index in [4.69, 9.17) is 0 Å². The number of nitrogens with one attached hydrogen (secondary N) is 1. The maximum atomic E-state index is 12.9. The van der Waals surface area contributed by atoms with Crippen LogP contribution in [0.15, 0.2) is 41.8 Å². The van der Waals surface area contributed by atoms with E-state index in [1.54, 1.807) is 29.5 Å². The van der Waals surface area contributed by atoms with Crippen molar-refractivity contribution in [2.24, 2.45) is 0 Å². The molecule has 1 N–H and O–H groups in total. The van der Waals surface area contributed by atoms with Crippen LogP contribution in [0.2, 0.25) is 0 Å². The third-order valence-corrected chi connectivity index (χ3v) is 3.36. The first-order chi connectivity index (χ1) is 8.65. The van der Waals surface area contributed by atoms with Gasteiger partial charge >= 0.3 is 0 Å². The lowest BCUT2D eigenvalue weighted by Gasteiger charge is -2.01. The highest BCUT2D eigenvalue weighted by Gasteiger charge is 2.00. The van der Waals surface area contributed by atoms with E-state index in [1.165, 1.54) is 18.2 Å². The summed E-state index contributed by atoms with van der Waals surface area (Å²) in [5.41, 5.74) is 1.59. The minimum Gasteiger partial charge on any atom is -0.322 e. The van der Waals surface area contributed by atoms with Gasteiger partial charge in [0.05, 0.1) is 0 Å². The molecule has 2 nitrogen and oxygen atoms in total. The standard InChI is InChI=1S/C14H12FNOS/c1-10-7-8-18-13(10)5-6-14(17)16-12-4-2-3-11(15)9-12/h2-9H,1H3,(H,16,17)/b6-5+. The summed E-state index contributed by atoms with van der Waals surface area (Å²) < 4.78 is 12.9. The van der Waals surface area contributed by atoms with Gasteiger partial charge in [0, 0.05) is 16.6 Å². The van der Waals surface area contributed by atoms with Crippen LogP contribution in [0.4, 0.5) is 10.1 Å². The number of hydrogen-bond donors (Lipinski definition) is 1. The van der Waals surface area contributed by atoms with Crippen molar-refractivity contribution >= 4 is 29.0 Å². The Morgan fingerprint density at radius 2 is 2.22 bits per heavy atom. The molecule has 0 saturated carbocycles. The Hall–Kier alpha value is -1.94. The summed E-state index contributed by atoms with van der Waals surface area (Å²) in [4.78, 5) is 12.7. The molecule has 0 aliphatic rings. The van der Waals surface area contributed by atoms with Gasteiger partial charge in [0.15, 0.2) is 0 Å². The normalized spacial score (nSPS) is 10.8. The molecule has 0 radical (unpaired) electrons. The van der Waals surface area contributed by atoms with Gasteiger partial charge in [-0.2, -0.15) is 0 Å². The van der Waals surface area contributed by atoms with Crippen molar-refractivity contribution in [3.63, 3.8) is 0 Å². The van der Waals surface area contributed by atoms with E-state index in [0.717, 1.165) is 10.4 Å². The van der Waals surface area contributed by atoms with Crippen LogP contribution in [0.5, 0.6) is 0 Å². The highest BCUT2D eigenvalue weighted by atomic mass is 32.1. The molecular formula is C14H12FNOS. The van der Waals surface area contributed by atoms with Crippen LogP contribution in [-0.4, -0.2) is 5.91 Å². The van der Waals surface area contributed by atoms with E-state index < -0.39 is 0 Å². The van der Waals surface area contributed by atoms with Crippen molar-refractivity contribution in [3.8, 4) is 0 Å². The van der Waals surface area contributed by atoms with Crippen LogP contribution in [0, 0.1) is 12.7 Å². The number of carbonyl (C=O) groups is 1. The summed E-state index contributed by atoms with van der Waals surface area (Å²) in [7, 11) is 0. The Kier molecular flexibility index (Phi) is 3.89. The third kappa shape index (κ3) is 3.28. The number of thiophene rings is 1. The highest BCUT2D eigenvalue weighted by molar-refractivity contribution is 7.11. The predicted octanol–water partition coefficient (Wildman–Crippen LogP) is 3.85. The van der Waals surface area contributed by atoms with Crippen molar-refractivity contribution in [1.82, 2.24) is 0 Å². The molecule has 2 rings (SSSR count). The lowest BCUT2D eigenvalue weighted by atomic mass is 10.2. The topological polar surface area (TPSA) is 29.1 Å². The molecule has 0 atom stereocenters. The molecular weight excluding hydrogens is 249 g/mol. The van der Waals surface area contributed by atoms with Crippen LogP contribution >= 0.6 is 11.3 Å². The van der Waals surface area contributed by atoms with E-state index in [-0.39, 0.29) is 11.7 Å². The van der Waals surface area contributed by atoms with Gasteiger partial charge in [0.1, 0.15) is 5.82 Å². The van der Waals surface area contributed by atoms with Gasteiger partial charge in [-0.3, -0.25) is 4.79 Å². The van der Waals surface area contributed by atoms with Gasteiger partial charge < -0.3 is 5.32 Å². The minimum atomic E-state index is -0.370. The molecule has 0 spiro atoms. The van der Waals surface area contributed by atoms with E-state index in [1.807, 2.05) is 18.4 Å². The molecule has 0 aliphatic heterocycles. The van der Waals surface area contributed by atoms with Gasteiger partial charge in [0.2, 0.25) is 5.91 Å². The maximum Gasteiger partial charge on any atom is 0.248 e. The summed E-state index contributed by atoms with van der Waals surface area (Å²) in [6, 6.07) is 7.81. The van der Waals surface area contributed by atoms with Gasteiger partial charge in [0.25, 0.3) is 0 Å². The smallest absolute Gasteiger partial charge is 0.248 e. The molecule has 18 heavy (non-hydrogen) atoms. The van der Waals surface area contributed by atoms with Crippen LogP contribution in [0.25, 0.3) is 6.08 Å². The first kappa shape index (κ1) is 12.5. The monoisotopic (exact) mass is 261 g/mol. The zero-order valence-electron chi connectivity index (χ0n) is 9.81. The minimum absolute atomic E-state index is 0.270. The average Bonchev–Trinajstić information content (AvgIpc) is 2.72. The second-order valence-corrected chi connectivity index (χ2v) is 4.75. The molecule has 1 aromatic carbocycles. The Balaban J connectivity index is 2.01. The Labute approximate surface area is 109 Å². The van der Waals surface area contributed by atoms with E-state index >= 15 is 0 Å². The molecule has 0 unspecified atom stereocenters. The Morgan fingerprint density at radius 1 is 1.39 bits per heavy atom. The largest absolute Gasteiger partial charge is 0.322 e. The van der Waals surface area contributed by atoms with Crippen molar-refractivity contribution in [1.29, 1.82) is 0 Å². The summed E-state index contributed by atoms with van der Waals surface area (Å²) >= 11 is 1.57. The fourth-order valence-corrected chi connectivity index (χ4v) is 2.28. The van der Waals surface area contributed by atoms with Gasteiger partial charge in [-0.1, -0.05) is 6.07 Å². The second-order valence-electron chi connectivity index (χ2n) is 3.80. The molecule has 2 aromatic rings. The second kappa shape index (κ2) is 5.60. The molecule has 0 saturated heterocycles. The molecule has 4 heteroatoms. The van der Waals surface area contributed by atoms with Crippen LogP contribution in [0.3, 0.4) is 0 Å². The van der Waals surface area contributed by atoms with Crippen molar-refractivity contribution < 1.29 is 9.18 Å². The SMILES string of the molecule is Cc1ccsc1/C=C/C(=O)Nc1cccc(F)c1. The predicted molar refractivity (Wildman–Crippen MR) is 73.1 cm³/mol. The lowest BCUT2D eigenvalue weighted by Crippen LogP contribution is -2.07. The van der Waals surface area contributed by atoms with Crippen molar-refractivity contribution in [2.45, 2.75) is 6.92 Å². The number of hydrogen-bond acceptors (Lipinski definition) is 2. The number of benzene rings is 1. The van der Waals surface area contributed by atoms with Crippen molar-refractivity contribution in [2.75, 3.05) is 5.32 Å². The summed E-state index contributed by atoms with van der Waals surface area (Å²) in [5.74, 6) is -0.640. The molecule has 1 amide bonds. The zero-order valence-corrected chi connectivity index (χ0v) is 10.6. The number of halogens is 1. The Bertz CT molecular complexity index is 589. The lowest BCUT2D eigenvalue weighted by molar-refractivity contribution is -0.111. The number of rotatable bonds is 3.